The molecule has 1 amide bonds. The van der Waals surface area contributed by atoms with E-state index in [9.17, 15) is 13.2 Å². The fourth-order valence-electron chi connectivity index (χ4n) is 3.31. The van der Waals surface area contributed by atoms with Gasteiger partial charge < -0.3 is 5.32 Å². The molecule has 2 aromatic carbocycles. The van der Waals surface area contributed by atoms with Crippen molar-refractivity contribution in [1.29, 1.82) is 5.26 Å². The minimum Gasteiger partial charge on any atom is -0.320 e. The molecule has 1 atom stereocenters. The molecule has 0 unspecified atom stereocenters. The normalized spacial score (nSPS) is 16.7. The second-order valence-corrected chi connectivity index (χ2v) is 10.2. The first-order chi connectivity index (χ1) is 14.9. The van der Waals surface area contributed by atoms with Crippen molar-refractivity contribution in [3.8, 4) is 6.07 Å². The first-order valence-corrected chi connectivity index (χ1v) is 11.9. The highest BCUT2D eigenvalue weighted by atomic mass is 35.5. The number of amides is 1. The third-order valence-corrected chi connectivity index (χ3v) is 7.97. The van der Waals surface area contributed by atoms with Gasteiger partial charge in [0, 0.05) is 17.3 Å². The SMILES string of the molecule is N#Cc1cccc(S(=O)(=O)N2CCC[C@H]2c2nnc(C(=O)Nc3ccc(Cl)cc3)s2)c1. The van der Waals surface area contributed by atoms with E-state index in [2.05, 4.69) is 15.5 Å². The Labute approximate surface area is 188 Å². The molecule has 1 aliphatic rings. The molecule has 3 aromatic rings. The summed E-state index contributed by atoms with van der Waals surface area (Å²) in [7, 11) is -3.82. The minimum absolute atomic E-state index is 0.0590. The van der Waals surface area contributed by atoms with E-state index in [1.54, 1.807) is 36.4 Å². The van der Waals surface area contributed by atoms with Gasteiger partial charge >= 0.3 is 0 Å². The number of nitrogens with one attached hydrogen (secondary N) is 1. The number of carbonyl (C=O) groups excluding carboxylic acids is 1. The Morgan fingerprint density at radius 1 is 1.23 bits per heavy atom. The van der Waals surface area contributed by atoms with Crippen molar-refractivity contribution in [2.24, 2.45) is 0 Å². The predicted octanol–water partition coefficient (Wildman–Crippen LogP) is 3.84. The van der Waals surface area contributed by atoms with Gasteiger partial charge in [-0.15, -0.1) is 10.2 Å². The third kappa shape index (κ3) is 4.45. The number of aromatic nitrogens is 2. The van der Waals surface area contributed by atoms with Crippen LogP contribution in [0.5, 0.6) is 0 Å². The zero-order chi connectivity index (χ0) is 22.0. The van der Waals surface area contributed by atoms with E-state index in [0.717, 1.165) is 11.3 Å². The first kappa shape index (κ1) is 21.4. The number of hydrogen-bond donors (Lipinski definition) is 1. The topological polar surface area (TPSA) is 116 Å². The lowest BCUT2D eigenvalue weighted by molar-refractivity contribution is 0.102. The van der Waals surface area contributed by atoms with Crippen LogP contribution < -0.4 is 5.32 Å². The van der Waals surface area contributed by atoms with Gasteiger partial charge in [0.15, 0.2) is 0 Å². The van der Waals surface area contributed by atoms with Gasteiger partial charge in [-0.2, -0.15) is 9.57 Å². The molecule has 1 N–H and O–H groups in total. The lowest BCUT2D eigenvalue weighted by Gasteiger charge is -2.22. The van der Waals surface area contributed by atoms with Gasteiger partial charge in [-0.05, 0) is 55.3 Å². The summed E-state index contributed by atoms with van der Waals surface area (Å²) >= 11 is 6.91. The average Bonchev–Trinajstić information content (AvgIpc) is 3.45. The van der Waals surface area contributed by atoms with Crippen molar-refractivity contribution in [3.63, 3.8) is 0 Å². The molecule has 4 rings (SSSR count). The van der Waals surface area contributed by atoms with Crippen LogP contribution >= 0.6 is 22.9 Å². The van der Waals surface area contributed by atoms with Gasteiger partial charge in [-0.1, -0.05) is 29.0 Å². The summed E-state index contributed by atoms with van der Waals surface area (Å²) < 4.78 is 27.7. The molecule has 2 heterocycles. The zero-order valence-electron chi connectivity index (χ0n) is 16.0. The van der Waals surface area contributed by atoms with Gasteiger partial charge in [0.2, 0.25) is 15.0 Å². The van der Waals surface area contributed by atoms with Crippen molar-refractivity contribution in [1.82, 2.24) is 14.5 Å². The molecule has 0 saturated carbocycles. The van der Waals surface area contributed by atoms with Crippen LogP contribution in [0.4, 0.5) is 5.69 Å². The number of benzene rings is 2. The van der Waals surface area contributed by atoms with Crippen molar-refractivity contribution < 1.29 is 13.2 Å². The third-order valence-electron chi connectivity index (χ3n) is 4.80. The predicted molar refractivity (Wildman–Crippen MR) is 116 cm³/mol. The zero-order valence-corrected chi connectivity index (χ0v) is 18.4. The molecule has 0 radical (unpaired) electrons. The van der Waals surface area contributed by atoms with Gasteiger partial charge in [0.25, 0.3) is 5.91 Å². The number of carbonyl (C=O) groups is 1. The molecule has 31 heavy (non-hydrogen) atoms. The van der Waals surface area contributed by atoms with E-state index < -0.39 is 22.0 Å². The van der Waals surface area contributed by atoms with Crippen molar-refractivity contribution in [3.05, 3.63) is 69.1 Å². The van der Waals surface area contributed by atoms with Crippen molar-refractivity contribution in [2.45, 2.75) is 23.8 Å². The second-order valence-electron chi connectivity index (χ2n) is 6.82. The molecular formula is C20H16ClN5O3S2. The smallest absolute Gasteiger partial charge is 0.286 e. The van der Waals surface area contributed by atoms with Crippen LogP contribution in [0, 0.1) is 11.3 Å². The van der Waals surface area contributed by atoms with Crippen LogP contribution in [0.25, 0.3) is 0 Å². The first-order valence-electron chi connectivity index (χ1n) is 9.31. The van der Waals surface area contributed by atoms with E-state index in [-0.39, 0.29) is 15.5 Å². The number of anilines is 1. The number of nitriles is 1. The Morgan fingerprint density at radius 2 is 2.00 bits per heavy atom. The number of nitrogens with zero attached hydrogens (tertiary/aromatic N) is 4. The lowest BCUT2D eigenvalue weighted by Crippen LogP contribution is -2.30. The molecular weight excluding hydrogens is 458 g/mol. The molecule has 1 aliphatic heterocycles. The Bertz CT molecular complexity index is 1270. The van der Waals surface area contributed by atoms with Gasteiger partial charge in [0.05, 0.1) is 22.6 Å². The highest BCUT2D eigenvalue weighted by molar-refractivity contribution is 7.89. The van der Waals surface area contributed by atoms with Crippen LogP contribution in [0.1, 0.15) is 39.3 Å². The van der Waals surface area contributed by atoms with Crippen LogP contribution in [0.15, 0.2) is 53.4 Å². The van der Waals surface area contributed by atoms with Crippen LogP contribution in [-0.2, 0) is 10.0 Å². The van der Waals surface area contributed by atoms with E-state index in [1.807, 2.05) is 6.07 Å². The minimum atomic E-state index is -3.82. The highest BCUT2D eigenvalue weighted by Gasteiger charge is 2.38. The monoisotopic (exact) mass is 473 g/mol. The summed E-state index contributed by atoms with van der Waals surface area (Å²) in [5, 5.41) is 21.0. The van der Waals surface area contributed by atoms with Crippen molar-refractivity contribution >= 4 is 44.6 Å². The summed E-state index contributed by atoms with van der Waals surface area (Å²) in [6.45, 7) is 0.329. The van der Waals surface area contributed by atoms with Gasteiger partial charge in [-0.3, -0.25) is 4.79 Å². The van der Waals surface area contributed by atoms with Crippen LogP contribution in [0.2, 0.25) is 5.02 Å². The summed E-state index contributed by atoms with van der Waals surface area (Å²) in [5.74, 6) is -0.430. The molecule has 158 valence electrons. The fourth-order valence-corrected chi connectivity index (χ4v) is 6.10. The Hall–Kier alpha value is -2.84. The quantitative estimate of drug-likeness (QED) is 0.601. The van der Waals surface area contributed by atoms with Crippen LogP contribution in [-0.4, -0.2) is 35.4 Å². The maximum Gasteiger partial charge on any atom is 0.286 e. The largest absolute Gasteiger partial charge is 0.320 e. The van der Waals surface area contributed by atoms with E-state index in [1.165, 1.54) is 16.4 Å². The van der Waals surface area contributed by atoms with Crippen LogP contribution in [0.3, 0.4) is 0 Å². The summed E-state index contributed by atoms with van der Waals surface area (Å²) in [6.07, 6.45) is 1.23. The number of sulfonamides is 1. The van der Waals surface area contributed by atoms with E-state index in [0.29, 0.717) is 35.1 Å². The molecule has 1 fully saturated rings. The molecule has 0 bridgehead atoms. The molecule has 1 saturated heterocycles. The van der Waals surface area contributed by atoms with E-state index >= 15 is 0 Å². The van der Waals surface area contributed by atoms with E-state index in [4.69, 9.17) is 16.9 Å². The maximum atomic E-state index is 13.2. The molecule has 11 heteroatoms. The number of halogens is 1. The van der Waals surface area contributed by atoms with Crippen molar-refractivity contribution in [2.75, 3.05) is 11.9 Å². The fraction of sp³-hybridized carbons (Fsp3) is 0.200. The highest BCUT2D eigenvalue weighted by Crippen LogP contribution is 2.37. The second kappa shape index (κ2) is 8.72. The van der Waals surface area contributed by atoms with Gasteiger partial charge in [-0.25, -0.2) is 8.42 Å². The number of rotatable bonds is 5. The van der Waals surface area contributed by atoms with Gasteiger partial charge in [0.1, 0.15) is 5.01 Å². The average molecular weight is 474 g/mol. The molecule has 0 aliphatic carbocycles. The molecule has 8 nitrogen and oxygen atoms in total. The Kier molecular flexibility index (Phi) is 6.02. The lowest BCUT2D eigenvalue weighted by atomic mass is 10.2. The standard InChI is InChI=1S/C20H16ClN5O3S2/c21-14-6-8-15(9-7-14)23-18(27)20-25-24-19(30-20)17-5-2-10-26(17)31(28,29)16-4-1-3-13(11-16)12-22/h1,3-4,6-9,11,17H,2,5,10H2,(H,23,27)/t17-/m0/s1. The molecule has 1 aromatic heterocycles. The Morgan fingerprint density at radius 3 is 2.74 bits per heavy atom. The summed E-state index contributed by atoms with van der Waals surface area (Å²) in [5.41, 5.74) is 0.836. The summed E-state index contributed by atoms with van der Waals surface area (Å²) in [4.78, 5) is 12.6. The summed E-state index contributed by atoms with van der Waals surface area (Å²) in [6, 6.07) is 14.0. The molecule has 0 spiro atoms. The Balaban J connectivity index is 1.55. The maximum absolute atomic E-state index is 13.2. The number of hydrogen-bond acceptors (Lipinski definition) is 7.